The van der Waals surface area contributed by atoms with Crippen molar-refractivity contribution in [3.05, 3.63) is 20.8 Å². The van der Waals surface area contributed by atoms with E-state index in [2.05, 4.69) is 15.9 Å². The maximum Gasteiger partial charge on any atom is 0.410 e. The molecule has 0 aromatic carbocycles. The number of rotatable bonds is 3. The Morgan fingerprint density at radius 1 is 1.59 bits per heavy atom. The monoisotopic (exact) mass is 317 g/mol. The third-order valence-electron chi connectivity index (χ3n) is 3.20. The van der Waals surface area contributed by atoms with Crippen LogP contribution in [0.4, 0.5) is 4.79 Å². The molecule has 5 heteroatoms. The van der Waals surface area contributed by atoms with Crippen LogP contribution in [-0.4, -0.2) is 24.1 Å². The van der Waals surface area contributed by atoms with Crippen molar-refractivity contribution in [3.8, 4) is 0 Å². The van der Waals surface area contributed by atoms with E-state index in [0.717, 1.165) is 22.2 Å². The number of ether oxygens (including phenoxy) is 1. The van der Waals surface area contributed by atoms with Crippen molar-refractivity contribution in [2.75, 3.05) is 7.05 Å². The Hall–Kier alpha value is -0.550. The van der Waals surface area contributed by atoms with Crippen LogP contribution in [0.3, 0.4) is 0 Å². The summed E-state index contributed by atoms with van der Waals surface area (Å²) < 4.78 is 6.34. The van der Waals surface area contributed by atoms with Crippen LogP contribution in [0.1, 0.15) is 31.2 Å². The first-order valence-electron chi connectivity index (χ1n) is 5.80. The summed E-state index contributed by atoms with van der Waals surface area (Å²) in [7, 11) is 1.83. The second-order valence-corrected chi connectivity index (χ2v) is 6.56. The Morgan fingerprint density at radius 3 is 2.88 bits per heavy atom. The lowest BCUT2D eigenvalue weighted by Gasteiger charge is -2.23. The summed E-state index contributed by atoms with van der Waals surface area (Å²) >= 11 is 5.03. The van der Waals surface area contributed by atoms with E-state index in [0.29, 0.717) is 12.6 Å². The third-order valence-corrected chi connectivity index (χ3v) is 5.02. The first-order valence-corrected chi connectivity index (χ1v) is 7.47. The van der Waals surface area contributed by atoms with Gasteiger partial charge in [-0.1, -0.05) is 12.8 Å². The van der Waals surface area contributed by atoms with Crippen LogP contribution >= 0.6 is 27.3 Å². The van der Waals surface area contributed by atoms with Crippen LogP contribution in [0, 0.1) is 0 Å². The Kier molecular flexibility index (Phi) is 4.45. The molecule has 0 unspecified atom stereocenters. The summed E-state index contributed by atoms with van der Waals surface area (Å²) in [5.74, 6) is 0. The van der Waals surface area contributed by atoms with Gasteiger partial charge in [-0.15, -0.1) is 11.3 Å². The van der Waals surface area contributed by atoms with E-state index >= 15 is 0 Å². The smallest absolute Gasteiger partial charge is 0.410 e. The van der Waals surface area contributed by atoms with Crippen LogP contribution in [0.5, 0.6) is 0 Å². The minimum absolute atomic E-state index is 0.213. The molecule has 2 rings (SSSR count). The van der Waals surface area contributed by atoms with Gasteiger partial charge in [0.2, 0.25) is 0 Å². The molecule has 0 radical (unpaired) electrons. The van der Waals surface area contributed by atoms with Gasteiger partial charge in [0.1, 0.15) is 6.61 Å². The molecule has 0 saturated heterocycles. The predicted octanol–water partition coefficient (Wildman–Crippen LogP) is 4.02. The van der Waals surface area contributed by atoms with Gasteiger partial charge in [-0.25, -0.2) is 4.79 Å². The molecule has 1 aromatic heterocycles. The molecule has 1 heterocycles. The van der Waals surface area contributed by atoms with E-state index in [1.54, 1.807) is 16.2 Å². The molecule has 0 bridgehead atoms. The van der Waals surface area contributed by atoms with Gasteiger partial charge in [-0.2, -0.15) is 0 Å². The topological polar surface area (TPSA) is 29.5 Å². The number of amides is 1. The zero-order valence-electron chi connectivity index (χ0n) is 9.82. The molecule has 0 spiro atoms. The molecule has 17 heavy (non-hydrogen) atoms. The minimum atomic E-state index is -0.213. The van der Waals surface area contributed by atoms with Crippen LogP contribution in [0.2, 0.25) is 0 Å². The molecule has 0 N–H and O–H groups in total. The lowest BCUT2D eigenvalue weighted by molar-refractivity contribution is 0.0917. The van der Waals surface area contributed by atoms with E-state index in [-0.39, 0.29) is 6.09 Å². The van der Waals surface area contributed by atoms with Gasteiger partial charge in [-0.05, 0) is 40.2 Å². The molecule has 94 valence electrons. The van der Waals surface area contributed by atoms with Crippen LogP contribution < -0.4 is 0 Å². The summed E-state index contributed by atoms with van der Waals surface area (Å²) in [5.41, 5.74) is 1.03. The zero-order chi connectivity index (χ0) is 12.3. The first kappa shape index (κ1) is 12.9. The lowest BCUT2D eigenvalue weighted by Crippen LogP contribution is -2.35. The second kappa shape index (κ2) is 5.87. The molecule has 1 aliphatic carbocycles. The summed E-state index contributed by atoms with van der Waals surface area (Å²) in [6.07, 6.45) is 4.44. The summed E-state index contributed by atoms with van der Waals surface area (Å²) in [5, 5.41) is 1.98. The number of nitrogens with zero attached hydrogens (tertiary/aromatic N) is 1. The van der Waals surface area contributed by atoms with Crippen molar-refractivity contribution in [2.24, 2.45) is 0 Å². The molecule has 1 aliphatic rings. The van der Waals surface area contributed by atoms with E-state index in [1.165, 1.54) is 12.8 Å². The molecular formula is C12H16BrNO2S. The average Bonchev–Trinajstić information content (AvgIpc) is 2.96. The van der Waals surface area contributed by atoms with Crippen molar-refractivity contribution in [1.82, 2.24) is 4.90 Å². The van der Waals surface area contributed by atoms with E-state index in [1.807, 2.05) is 18.5 Å². The van der Waals surface area contributed by atoms with Crippen molar-refractivity contribution in [1.29, 1.82) is 0 Å². The molecule has 0 aliphatic heterocycles. The van der Waals surface area contributed by atoms with Gasteiger partial charge in [-0.3, -0.25) is 0 Å². The fraction of sp³-hybridized carbons (Fsp3) is 0.583. The van der Waals surface area contributed by atoms with Crippen molar-refractivity contribution >= 4 is 33.4 Å². The molecule has 1 aromatic rings. The van der Waals surface area contributed by atoms with Crippen LogP contribution in [0.15, 0.2) is 15.2 Å². The Bertz CT molecular complexity index is 388. The highest BCUT2D eigenvalue weighted by Crippen LogP contribution is 2.25. The number of halogens is 1. The SMILES string of the molecule is CN(C(=O)OCc1ccsc1Br)C1CCCC1. The van der Waals surface area contributed by atoms with Gasteiger partial charge in [0.25, 0.3) is 0 Å². The van der Waals surface area contributed by atoms with Gasteiger partial charge >= 0.3 is 6.09 Å². The summed E-state index contributed by atoms with van der Waals surface area (Å²) in [4.78, 5) is 13.6. The van der Waals surface area contributed by atoms with Gasteiger partial charge in [0, 0.05) is 18.7 Å². The van der Waals surface area contributed by atoms with Crippen molar-refractivity contribution in [2.45, 2.75) is 38.3 Å². The molecule has 0 atom stereocenters. The van der Waals surface area contributed by atoms with Crippen molar-refractivity contribution in [3.63, 3.8) is 0 Å². The maximum atomic E-state index is 11.8. The zero-order valence-corrected chi connectivity index (χ0v) is 12.2. The molecule has 3 nitrogen and oxygen atoms in total. The lowest BCUT2D eigenvalue weighted by atomic mass is 10.2. The minimum Gasteiger partial charge on any atom is -0.444 e. The highest BCUT2D eigenvalue weighted by Gasteiger charge is 2.24. The number of thiophene rings is 1. The normalized spacial score (nSPS) is 16.1. The number of hydrogen-bond acceptors (Lipinski definition) is 3. The summed E-state index contributed by atoms with van der Waals surface area (Å²) in [6, 6.07) is 2.34. The summed E-state index contributed by atoms with van der Waals surface area (Å²) in [6.45, 7) is 0.347. The Morgan fingerprint density at radius 2 is 2.29 bits per heavy atom. The largest absolute Gasteiger partial charge is 0.444 e. The van der Waals surface area contributed by atoms with Crippen LogP contribution in [0.25, 0.3) is 0 Å². The maximum absolute atomic E-state index is 11.8. The number of hydrogen-bond donors (Lipinski definition) is 0. The highest BCUT2D eigenvalue weighted by molar-refractivity contribution is 9.11. The Balaban J connectivity index is 1.82. The number of carbonyl (C=O) groups is 1. The predicted molar refractivity (Wildman–Crippen MR) is 72.2 cm³/mol. The molecule has 1 amide bonds. The van der Waals surface area contributed by atoms with Gasteiger partial charge < -0.3 is 9.64 Å². The van der Waals surface area contributed by atoms with E-state index < -0.39 is 0 Å². The fourth-order valence-electron chi connectivity index (χ4n) is 2.10. The van der Waals surface area contributed by atoms with Gasteiger partial charge in [0.05, 0.1) is 3.79 Å². The van der Waals surface area contributed by atoms with E-state index in [9.17, 15) is 4.79 Å². The fourth-order valence-corrected chi connectivity index (χ4v) is 3.30. The average molecular weight is 318 g/mol. The third kappa shape index (κ3) is 3.22. The molecule has 1 saturated carbocycles. The molecular weight excluding hydrogens is 302 g/mol. The quantitative estimate of drug-likeness (QED) is 0.842. The standard InChI is InChI=1S/C12H16BrNO2S/c1-14(10-4-2-3-5-10)12(15)16-8-9-6-7-17-11(9)13/h6-7,10H,2-5,8H2,1H3. The van der Waals surface area contributed by atoms with E-state index in [4.69, 9.17) is 4.74 Å². The van der Waals surface area contributed by atoms with Crippen LogP contribution in [-0.2, 0) is 11.3 Å². The molecule has 1 fully saturated rings. The Labute approximate surface area is 114 Å². The first-order chi connectivity index (χ1) is 8.18. The van der Waals surface area contributed by atoms with Gasteiger partial charge in [0.15, 0.2) is 0 Å². The second-order valence-electron chi connectivity index (χ2n) is 4.32. The number of carbonyl (C=O) groups excluding carboxylic acids is 1. The van der Waals surface area contributed by atoms with Crippen molar-refractivity contribution < 1.29 is 9.53 Å². The highest BCUT2D eigenvalue weighted by atomic mass is 79.9.